The molecule has 2 aliphatic heterocycles. The molecule has 2 aromatic carbocycles. The molecule has 0 unspecified atom stereocenters. The minimum absolute atomic E-state index is 0.00114. The van der Waals surface area contributed by atoms with Crippen molar-refractivity contribution in [1.82, 2.24) is 4.90 Å². The molecule has 0 N–H and O–H groups in total. The van der Waals surface area contributed by atoms with Gasteiger partial charge < -0.3 is 18.8 Å². The highest BCUT2D eigenvalue weighted by molar-refractivity contribution is 5.96. The first-order chi connectivity index (χ1) is 14.3. The Morgan fingerprint density at radius 1 is 0.897 bits per heavy atom. The lowest BCUT2D eigenvalue weighted by molar-refractivity contribution is -0.123. The fraction of sp³-hybridized carbons (Fsp3) is 0.348. The van der Waals surface area contributed by atoms with Crippen LogP contribution in [0.25, 0.3) is 22.3 Å². The second kappa shape index (κ2) is 7.99. The van der Waals surface area contributed by atoms with E-state index in [2.05, 4.69) is 11.0 Å². The monoisotopic (exact) mass is 392 g/mol. The SMILES string of the molecule is O=C1COCc2ccc(-c3cc4ccccc4o3)cc2N1CCN1CCOCC1. The first kappa shape index (κ1) is 18.4. The van der Waals surface area contributed by atoms with E-state index in [0.717, 1.165) is 66.4 Å². The lowest BCUT2D eigenvalue weighted by atomic mass is 10.1. The van der Waals surface area contributed by atoms with Gasteiger partial charge in [0.2, 0.25) is 0 Å². The zero-order valence-electron chi connectivity index (χ0n) is 16.3. The summed E-state index contributed by atoms with van der Waals surface area (Å²) in [5.74, 6) is 0.804. The van der Waals surface area contributed by atoms with Crippen LogP contribution in [-0.2, 0) is 20.9 Å². The van der Waals surface area contributed by atoms with Crippen LogP contribution in [-0.4, -0.2) is 56.8 Å². The lowest BCUT2D eigenvalue weighted by Gasteiger charge is -2.30. The number of amides is 1. The summed E-state index contributed by atoms with van der Waals surface area (Å²) in [6.45, 7) is 5.33. The number of carbonyl (C=O) groups is 1. The molecule has 0 aliphatic carbocycles. The Labute approximate surface area is 169 Å². The topological polar surface area (TPSA) is 55.2 Å². The van der Waals surface area contributed by atoms with Gasteiger partial charge in [0.25, 0.3) is 5.91 Å². The van der Waals surface area contributed by atoms with Crippen molar-refractivity contribution in [3.8, 4) is 11.3 Å². The van der Waals surface area contributed by atoms with Gasteiger partial charge in [-0.3, -0.25) is 9.69 Å². The number of morpholine rings is 1. The molecule has 0 bridgehead atoms. The summed E-state index contributed by atoms with van der Waals surface area (Å²) in [6, 6.07) is 16.2. The maximum absolute atomic E-state index is 12.8. The molecule has 1 fully saturated rings. The molecule has 0 atom stereocenters. The first-order valence-corrected chi connectivity index (χ1v) is 10.1. The van der Waals surface area contributed by atoms with Crippen LogP contribution in [0.5, 0.6) is 0 Å². The number of fused-ring (bicyclic) bond motifs is 2. The first-order valence-electron chi connectivity index (χ1n) is 10.1. The van der Waals surface area contributed by atoms with Crippen molar-refractivity contribution >= 4 is 22.6 Å². The van der Waals surface area contributed by atoms with Gasteiger partial charge in [0, 0.05) is 48.4 Å². The minimum Gasteiger partial charge on any atom is -0.456 e. The van der Waals surface area contributed by atoms with E-state index in [0.29, 0.717) is 13.2 Å². The Hall–Kier alpha value is -2.67. The van der Waals surface area contributed by atoms with Gasteiger partial charge >= 0.3 is 0 Å². The largest absolute Gasteiger partial charge is 0.456 e. The van der Waals surface area contributed by atoms with E-state index in [1.54, 1.807) is 0 Å². The summed E-state index contributed by atoms with van der Waals surface area (Å²) >= 11 is 0. The van der Waals surface area contributed by atoms with E-state index < -0.39 is 0 Å². The normalized spacial score (nSPS) is 18.1. The summed E-state index contributed by atoms with van der Waals surface area (Å²) in [4.78, 5) is 17.0. The van der Waals surface area contributed by atoms with Crippen molar-refractivity contribution in [3.63, 3.8) is 0 Å². The number of benzene rings is 2. The molecule has 6 nitrogen and oxygen atoms in total. The van der Waals surface area contributed by atoms with Crippen molar-refractivity contribution in [2.24, 2.45) is 0 Å². The molecular formula is C23H24N2O4. The molecule has 6 heteroatoms. The van der Waals surface area contributed by atoms with Crippen LogP contribution in [0.2, 0.25) is 0 Å². The fourth-order valence-corrected chi connectivity index (χ4v) is 3.99. The number of nitrogens with zero attached hydrogens (tertiary/aromatic N) is 2. The summed E-state index contributed by atoms with van der Waals surface area (Å²) < 4.78 is 17.1. The van der Waals surface area contributed by atoms with Gasteiger partial charge in [-0.2, -0.15) is 0 Å². The highest BCUT2D eigenvalue weighted by Gasteiger charge is 2.24. The van der Waals surface area contributed by atoms with Gasteiger partial charge in [0.05, 0.1) is 19.8 Å². The Bertz CT molecular complexity index is 990. The zero-order valence-corrected chi connectivity index (χ0v) is 16.3. The number of hydrogen-bond donors (Lipinski definition) is 0. The zero-order chi connectivity index (χ0) is 19.6. The highest BCUT2D eigenvalue weighted by Crippen LogP contribution is 2.33. The smallest absolute Gasteiger partial charge is 0.253 e. The van der Waals surface area contributed by atoms with E-state index in [4.69, 9.17) is 13.9 Å². The third kappa shape index (κ3) is 3.79. The summed E-state index contributed by atoms with van der Waals surface area (Å²) in [5, 5.41) is 1.07. The standard InChI is InChI=1S/C23H24N2O4/c26-23-16-28-15-19-6-5-18(22-14-17-3-1-2-4-21(17)29-22)13-20(19)25(23)8-7-24-9-11-27-12-10-24/h1-6,13-14H,7-12,15-16H2. The molecule has 29 heavy (non-hydrogen) atoms. The number of carbonyl (C=O) groups excluding carboxylic acids is 1. The number of furan rings is 1. The van der Waals surface area contributed by atoms with Gasteiger partial charge in [-0.05, 0) is 18.2 Å². The Morgan fingerprint density at radius 2 is 1.76 bits per heavy atom. The molecule has 1 aromatic heterocycles. The Balaban J connectivity index is 1.46. The van der Waals surface area contributed by atoms with Crippen molar-refractivity contribution in [2.75, 3.05) is 50.9 Å². The van der Waals surface area contributed by atoms with Crippen molar-refractivity contribution in [1.29, 1.82) is 0 Å². The molecular weight excluding hydrogens is 368 g/mol. The number of para-hydroxylation sites is 1. The predicted octanol–water partition coefficient (Wildman–Crippen LogP) is 3.30. The fourth-order valence-electron chi connectivity index (χ4n) is 3.99. The molecule has 0 radical (unpaired) electrons. The number of ether oxygens (including phenoxy) is 2. The quantitative estimate of drug-likeness (QED) is 0.682. The average molecular weight is 392 g/mol. The predicted molar refractivity (Wildman–Crippen MR) is 111 cm³/mol. The van der Waals surface area contributed by atoms with Crippen LogP contribution in [0.3, 0.4) is 0 Å². The number of rotatable bonds is 4. The van der Waals surface area contributed by atoms with Crippen LogP contribution in [0.15, 0.2) is 52.9 Å². The molecule has 1 saturated heterocycles. The van der Waals surface area contributed by atoms with Crippen molar-refractivity contribution < 1.29 is 18.7 Å². The number of hydrogen-bond acceptors (Lipinski definition) is 5. The average Bonchev–Trinajstić information content (AvgIpc) is 3.13. The van der Waals surface area contributed by atoms with Crippen LogP contribution in [0.1, 0.15) is 5.56 Å². The molecule has 150 valence electrons. The number of anilines is 1. The lowest BCUT2D eigenvalue weighted by Crippen LogP contribution is -2.43. The van der Waals surface area contributed by atoms with Crippen molar-refractivity contribution in [3.05, 3.63) is 54.1 Å². The van der Waals surface area contributed by atoms with Gasteiger partial charge in [-0.25, -0.2) is 0 Å². The van der Waals surface area contributed by atoms with Gasteiger partial charge in [0.15, 0.2) is 0 Å². The Kier molecular flexibility index (Phi) is 5.06. The molecule has 1 amide bonds. The van der Waals surface area contributed by atoms with Crippen LogP contribution >= 0.6 is 0 Å². The van der Waals surface area contributed by atoms with Gasteiger partial charge in [-0.15, -0.1) is 0 Å². The second-order valence-electron chi connectivity index (χ2n) is 7.48. The van der Waals surface area contributed by atoms with E-state index in [-0.39, 0.29) is 12.5 Å². The second-order valence-corrected chi connectivity index (χ2v) is 7.48. The minimum atomic E-state index is -0.00114. The third-order valence-corrected chi connectivity index (χ3v) is 5.61. The van der Waals surface area contributed by atoms with E-state index in [1.807, 2.05) is 47.4 Å². The van der Waals surface area contributed by atoms with E-state index in [9.17, 15) is 4.79 Å². The van der Waals surface area contributed by atoms with Crippen LogP contribution < -0.4 is 4.90 Å². The van der Waals surface area contributed by atoms with Gasteiger partial charge in [0.1, 0.15) is 18.0 Å². The van der Waals surface area contributed by atoms with Crippen LogP contribution in [0.4, 0.5) is 5.69 Å². The summed E-state index contributed by atoms with van der Waals surface area (Å²) in [6.07, 6.45) is 0. The molecule has 5 rings (SSSR count). The van der Waals surface area contributed by atoms with Crippen LogP contribution in [0, 0.1) is 0 Å². The van der Waals surface area contributed by atoms with Crippen molar-refractivity contribution in [2.45, 2.75) is 6.61 Å². The molecule has 3 aromatic rings. The molecule has 2 aliphatic rings. The Morgan fingerprint density at radius 3 is 2.62 bits per heavy atom. The van der Waals surface area contributed by atoms with Gasteiger partial charge in [-0.1, -0.05) is 30.3 Å². The molecule has 0 spiro atoms. The molecule has 3 heterocycles. The maximum atomic E-state index is 12.8. The van der Waals surface area contributed by atoms with E-state index in [1.165, 1.54) is 0 Å². The third-order valence-electron chi connectivity index (χ3n) is 5.61. The summed E-state index contributed by atoms with van der Waals surface area (Å²) in [7, 11) is 0. The maximum Gasteiger partial charge on any atom is 0.253 e. The molecule has 0 saturated carbocycles. The highest BCUT2D eigenvalue weighted by atomic mass is 16.5. The van der Waals surface area contributed by atoms with E-state index >= 15 is 0 Å². The summed E-state index contributed by atoms with van der Waals surface area (Å²) in [5.41, 5.74) is 3.77.